The average molecular weight is 239 g/mol. The molecule has 1 saturated heterocycles. The molecule has 1 aliphatic rings. The summed E-state index contributed by atoms with van der Waals surface area (Å²) >= 11 is 1.86. The van der Waals surface area contributed by atoms with Crippen LogP contribution in [0.5, 0.6) is 0 Å². The van der Waals surface area contributed by atoms with Gasteiger partial charge in [-0.25, -0.2) is 4.98 Å². The quantitative estimate of drug-likeness (QED) is 0.871. The standard InChI is InChI=1S/C12H21N3S/c1-9(8-15-6-4-13-5-7-15)12-14-10(2)11(3)16-12/h9,13H,4-8H2,1-3H3. The van der Waals surface area contributed by atoms with Crippen LogP contribution >= 0.6 is 11.3 Å². The third kappa shape index (κ3) is 2.81. The molecule has 2 rings (SSSR count). The summed E-state index contributed by atoms with van der Waals surface area (Å²) in [5, 5.41) is 4.69. The van der Waals surface area contributed by atoms with E-state index in [0.717, 1.165) is 19.6 Å². The van der Waals surface area contributed by atoms with Crippen molar-refractivity contribution in [2.75, 3.05) is 32.7 Å². The lowest BCUT2D eigenvalue weighted by molar-refractivity contribution is 0.230. The number of nitrogens with zero attached hydrogens (tertiary/aromatic N) is 2. The molecule has 0 amide bonds. The van der Waals surface area contributed by atoms with Gasteiger partial charge in [0.25, 0.3) is 0 Å². The molecule has 0 spiro atoms. The Labute approximate surface area is 102 Å². The van der Waals surface area contributed by atoms with Crippen molar-refractivity contribution >= 4 is 11.3 Å². The summed E-state index contributed by atoms with van der Waals surface area (Å²) in [4.78, 5) is 8.55. The van der Waals surface area contributed by atoms with Crippen LogP contribution in [0, 0.1) is 13.8 Å². The average Bonchev–Trinajstić information content (AvgIpc) is 2.61. The minimum absolute atomic E-state index is 0.565. The summed E-state index contributed by atoms with van der Waals surface area (Å²) in [5.41, 5.74) is 1.20. The van der Waals surface area contributed by atoms with Gasteiger partial charge < -0.3 is 10.2 Å². The highest BCUT2D eigenvalue weighted by Gasteiger charge is 2.17. The molecule has 1 aromatic rings. The van der Waals surface area contributed by atoms with Crippen LogP contribution in [-0.4, -0.2) is 42.6 Å². The molecule has 0 aliphatic carbocycles. The van der Waals surface area contributed by atoms with Crippen LogP contribution in [0.25, 0.3) is 0 Å². The molecule has 0 radical (unpaired) electrons. The SMILES string of the molecule is Cc1nc(C(C)CN2CCNCC2)sc1C. The summed E-state index contributed by atoms with van der Waals surface area (Å²) in [6.07, 6.45) is 0. The van der Waals surface area contributed by atoms with Gasteiger partial charge >= 0.3 is 0 Å². The molecule has 3 nitrogen and oxygen atoms in total. The fraction of sp³-hybridized carbons (Fsp3) is 0.750. The van der Waals surface area contributed by atoms with E-state index in [-0.39, 0.29) is 0 Å². The maximum atomic E-state index is 4.65. The zero-order valence-electron chi connectivity index (χ0n) is 10.4. The van der Waals surface area contributed by atoms with E-state index < -0.39 is 0 Å². The number of rotatable bonds is 3. The summed E-state index contributed by atoms with van der Waals surface area (Å²) in [6, 6.07) is 0. The molecule has 0 saturated carbocycles. The van der Waals surface area contributed by atoms with Crippen LogP contribution in [0.15, 0.2) is 0 Å². The van der Waals surface area contributed by atoms with Crippen LogP contribution < -0.4 is 5.32 Å². The van der Waals surface area contributed by atoms with Crippen LogP contribution in [-0.2, 0) is 0 Å². The van der Waals surface area contributed by atoms with Crippen molar-refractivity contribution in [3.63, 3.8) is 0 Å². The Morgan fingerprint density at radius 2 is 2.06 bits per heavy atom. The second-order valence-corrected chi connectivity index (χ2v) is 5.88. The second-order valence-electron chi connectivity index (χ2n) is 4.65. The minimum atomic E-state index is 0.565. The van der Waals surface area contributed by atoms with E-state index in [1.165, 1.54) is 28.7 Å². The molecule has 1 fully saturated rings. The van der Waals surface area contributed by atoms with Gasteiger partial charge in [-0.1, -0.05) is 6.92 Å². The van der Waals surface area contributed by atoms with Crippen molar-refractivity contribution < 1.29 is 0 Å². The minimum Gasteiger partial charge on any atom is -0.314 e. The Kier molecular flexibility index (Phi) is 3.95. The van der Waals surface area contributed by atoms with Gasteiger partial charge in [0, 0.05) is 43.5 Å². The monoisotopic (exact) mass is 239 g/mol. The molecule has 1 unspecified atom stereocenters. The Bertz CT molecular complexity index is 323. The van der Waals surface area contributed by atoms with E-state index in [1.54, 1.807) is 0 Å². The Balaban J connectivity index is 1.93. The number of thiazole rings is 1. The molecular formula is C12H21N3S. The lowest BCUT2D eigenvalue weighted by atomic mass is 10.1. The van der Waals surface area contributed by atoms with Gasteiger partial charge in [0.05, 0.1) is 10.7 Å². The third-order valence-electron chi connectivity index (χ3n) is 3.21. The topological polar surface area (TPSA) is 28.2 Å². The van der Waals surface area contributed by atoms with Crippen molar-refractivity contribution in [2.24, 2.45) is 0 Å². The van der Waals surface area contributed by atoms with Gasteiger partial charge in [0.2, 0.25) is 0 Å². The van der Waals surface area contributed by atoms with Crippen molar-refractivity contribution in [2.45, 2.75) is 26.7 Å². The number of piperazine rings is 1. The maximum absolute atomic E-state index is 4.65. The van der Waals surface area contributed by atoms with Crippen molar-refractivity contribution in [3.05, 3.63) is 15.6 Å². The van der Waals surface area contributed by atoms with E-state index in [1.807, 2.05) is 11.3 Å². The van der Waals surface area contributed by atoms with Crippen molar-refractivity contribution in [1.82, 2.24) is 15.2 Å². The number of aromatic nitrogens is 1. The largest absolute Gasteiger partial charge is 0.314 e. The van der Waals surface area contributed by atoms with Gasteiger partial charge in [0.1, 0.15) is 0 Å². The van der Waals surface area contributed by atoms with Gasteiger partial charge in [-0.15, -0.1) is 11.3 Å². The predicted molar refractivity (Wildman–Crippen MR) is 69.3 cm³/mol. The van der Waals surface area contributed by atoms with E-state index in [2.05, 4.69) is 36.0 Å². The zero-order chi connectivity index (χ0) is 11.5. The van der Waals surface area contributed by atoms with E-state index in [9.17, 15) is 0 Å². The maximum Gasteiger partial charge on any atom is 0.0971 e. The number of nitrogens with one attached hydrogen (secondary N) is 1. The van der Waals surface area contributed by atoms with Gasteiger partial charge in [-0.2, -0.15) is 0 Å². The summed E-state index contributed by atoms with van der Waals surface area (Å²) in [5.74, 6) is 0.565. The molecule has 16 heavy (non-hydrogen) atoms. The third-order valence-corrected chi connectivity index (χ3v) is 4.51. The highest BCUT2D eigenvalue weighted by atomic mass is 32.1. The molecule has 1 atom stereocenters. The van der Waals surface area contributed by atoms with Gasteiger partial charge in [0.15, 0.2) is 0 Å². The zero-order valence-corrected chi connectivity index (χ0v) is 11.2. The molecule has 1 aliphatic heterocycles. The molecule has 1 aromatic heterocycles. The van der Waals surface area contributed by atoms with Crippen molar-refractivity contribution in [1.29, 1.82) is 0 Å². The van der Waals surface area contributed by atoms with Crippen LogP contribution in [0.4, 0.5) is 0 Å². The Morgan fingerprint density at radius 1 is 1.38 bits per heavy atom. The fourth-order valence-corrected chi connectivity index (χ4v) is 3.03. The first-order valence-electron chi connectivity index (χ1n) is 6.04. The Hall–Kier alpha value is -0.450. The van der Waals surface area contributed by atoms with E-state index in [4.69, 9.17) is 0 Å². The second kappa shape index (κ2) is 5.25. The fourth-order valence-electron chi connectivity index (χ4n) is 2.07. The van der Waals surface area contributed by atoms with Crippen LogP contribution in [0.1, 0.15) is 28.4 Å². The summed E-state index contributed by atoms with van der Waals surface area (Å²) in [6.45, 7) is 12.3. The van der Waals surface area contributed by atoms with Gasteiger partial charge in [-0.3, -0.25) is 0 Å². The molecule has 4 heteroatoms. The van der Waals surface area contributed by atoms with E-state index >= 15 is 0 Å². The molecule has 1 N–H and O–H groups in total. The van der Waals surface area contributed by atoms with Crippen LogP contribution in [0.2, 0.25) is 0 Å². The smallest absolute Gasteiger partial charge is 0.0971 e. The molecule has 0 aromatic carbocycles. The summed E-state index contributed by atoms with van der Waals surface area (Å²) in [7, 11) is 0. The van der Waals surface area contributed by atoms with Crippen LogP contribution in [0.3, 0.4) is 0 Å². The summed E-state index contributed by atoms with van der Waals surface area (Å²) < 4.78 is 0. The Morgan fingerprint density at radius 3 is 2.62 bits per heavy atom. The highest BCUT2D eigenvalue weighted by Crippen LogP contribution is 2.24. The first kappa shape index (κ1) is 12.0. The lowest BCUT2D eigenvalue weighted by Gasteiger charge is -2.29. The van der Waals surface area contributed by atoms with Crippen molar-refractivity contribution in [3.8, 4) is 0 Å². The lowest BCUT2D eigenvalue weighted by Crippen LogP contribution is -2.44. The number of aryl methyl sites for hydroxylation is 2. The highest BCUT2D eigenvalue weighted by molar-refractivity contribution is 7.11. The molecule has 0 bridgehead atoms. The molecule has 90 valence electrons. The normalized spacial score (nSPS) is 19.9. The first-order valence-corrected chi connectivity index (χ1v) is 6.85. The number of hydrogen-bond acceptors (Lipinski definition) is 4. The molecular weight excluding hydrogens is 218 g/mol. The molecule has 2 heterocycles. The first-order chi connectivity index (χ1) is 7.66. The number of hydrogen-bond donors (Lipinski definition) is 1. The van der Waals surface area contributed by atoms with E-state index in [0.29, 0.717) is 5.92 Å². The predicted octanol–water partition coefficient (Wildman–Crippen LogP) is 1.77. The van der Waals surface area contributed by atoms with Gasteiger partial charge in [-0.05, 0) is 13.8 Å².